The molecule has 0 saturated heterocycles. The number of hydroxylamine groups is 2. The number of amides is 3. The van der Waals surface area contributed by atoms with Gasteiger partial charge in [0.05, 0.1) is 30.0 Å². The first-order valence-electron chi connectivity index (χ1n) is 15.6. The highest BCUT2D eigenvalue weighted by Gasteiger charge is 2.40. The zero-order chi connectivity index (χ0) is 35.4. The molecule has 48 heavy (non-hydrogen) atoms. The smallest absolute Gasteiger partial charge is 0.407 e. The summed E-state index contributed by atoms with van der Waals surface area (Å²) >= 11 is 0. The summed E-state index contributed by atoms with van der Waals surface area (Å²) in [4.78, 5) is 54.7. The van der Waals surface area contributed by atoms with E-state index in [4.69, 9.17) is 18.7 Å². The van der Waals surface area contributed by atoms with Crippen LogP contribution in [0.2, 0.25) is 18.1 Å². The second kappa shape index (κ2) is 14.3. The van der Waals surface area contributed by atoms with Crippen molar-refractivity contribution in [1.82, 2.24) is 20.2 Å². The molecular weight excluding hydrogens is 636 g/mol. The van der Waals surface area contributed by atoms with Gasteiger partial charge in [0.2, 0.25) is 6.10 Å². The minimum Gasteiger partial charge on any atom is -0.490 e. The van der Waals surface area contributed by atoms with Gasteiger partial charge in [-0.1, -0.05) is 45.0 Å². The fourth-order valence-corrected chi connectivity index (χ4v) is 5.87. The molecule has 0 radical (unpaired) electrons. The molecule has 2 N–H and O–H groups in total. The molecule has 1 aliphatic rings. The standard InChI is InChI=1S/C34H44N4O9Si/c1-33(2,3)45-32(43)35-18-25(47-48(7,8)34(4,5)6)20-37-19-23(17-36-37)22-13-15-24(16-14-22)44-21-28(31(41)42)46-38-29(39)26-11-9-10-12-27(26)30(38)40/h9-17,19,25,28H,18,20-21H2,1-8H3,(H,35,43)(H,41,42). The number of carbonyl (C=O) groups excluding carboxylic acids is 3. The number of ether oxygens (including phenoxy) is 2. The van der Waals surface area contributed by atoms with Gasteiger partial charge in [-0.2, -0.15) is 5.10 Å². The number of fused-ring (bicyclic) bond motifs is 1. The number of nitrogens with zero attached hydrogens (tertiary/aromatic N) is 3. The van der Waals surface area contributed by atoms with Crippen molar-refractivity contribution in [3.05, 3.63) is 72.1 Å². The molecule has 3 amide bonds. The van der Waals surface area contributed by atoms with Gasteiger partial charge in [-0.05, 0) is 68.7 Å². The van der Waals surface area contributed by atoms with Crippen LogP contribution < -0.4 is 10.1 Å². The summed E-state index contributed by atoms with van der Waals surface area (Å²) in [5, 5.41) is 17.4. The summed E-state index contributed by atoms with van der Waals surface area (Å²) in [6.07, 6.45) is 1.11. The van der Waals surface area contributed by atoms with E-state index in [1.54, 1.807) is 47.3 Å². The Morgan fingerprint density at radius 1 is 0.938 bits per heavy atom. The third kappa shape index (κ3) is 9.08. The largest absolute Gasteiger partial charge is 0.490 e. The Morgan fingerprint density at radius 2 is 1.54 bits per heavy atom. The van der Waals surface area contributed by atoms with Crippen molar-refractivity contribution >= 4 is 32.2 Å². The molecule has 14 heteroatoms. The van der Waals surface area contributed by atoms with Crippen LogP contribution in [-0.2, 0) is 25.3 Å². The molecule has 0 spiro atoms. The van der Waals surface area contributed by atoms with Crippen molar-refractivity contribution in [3.63, 3.8) is 0 Å². The average molecular weight is 681 g/mol. The number of hydrogen-bond acceptors (Lipinski definition) is 9. The Kier molecular flexibility index (Phi) is 10.8. The van der Waals surface area contributed by atoms with E-state index in [0.29, 0.717) is 17.4 Å². The monoisotopic (exact) mass is 680 g/mol. The lowest BCUT2D eigenvalue weighted by molar-refractivity contribution is -0.178. The zero-order valence-corrected chi connectivity index (χ0v) is 29.6. The van der Waals surface area contributed by atoms with Crippen molar-refractivity contribution in [2.75, 3.05) is 13.2 Å². The molecule has 1 aromatic heterocycles. The van der Waals surface area contributed by atoms with Gasteiger partial charge in [0, 0.05) is 18.3 Å². The summed E-state index contributed by atoms with van der Waals surface area (Å²) in [5.74, 6) is -2.50. The molecule has 2 heterocycles. The molecular formula is C34H44N4O9Si. The van der Waals surface area contributed by atoms with Crippen LogP contribution in [-0.4, -0.2) is 83.1 Å². The number of carboxylic acids is 1. The SMILES string of the molecule is CC(C)(C)OC(=O)NCC(Cn1cc(-c2ccc(OCC(ON3C(=O)c4ccccc4C3=O)C(=O)O)cc2)cn1)O[Si](C)(C)C(C)(C)C. The molecule has 2 atom stereocenters. The van der Waals surface area contributed by atoms with Crippen LogP contribution in [0.3, 0.4) is 0 Å². The molecule has 0 aliphatic carbocycles. The molecule has 0 bridgehead atoms. The Morgan fingerprint density at radius 3 is 2.08 bits per heavy atom. The third-order valence-corrected chi connectivity index (χ3v) is 12.6. The lowest BCUT2D eigenvalue weighted by Crippen LogP contribution is -2.48. The summed E-state index contributed by atoms with van der Waals surface area (Å²) in [6.45, 7) is 16.4. The van der Waals surface area contributed by atoms with E-state index >= 15 is 0 Å². The maximum absolute atomic E-state index is 12.6. The summed E-state index contributed by atoms with van der Waals surface area (Å²) in [7, 11) is -2.19. The van der Waals surface area contributed by atoms with Gasteiger partial charge in [-0.3, -0.25) is 14.3 Å². The van der Waals surface area contributed by atoms with Gasteiger partial charge in [-0.25, -0.2) is 14.4 Å². The first kappa shape index (κ1) is 36.3. The highest BCUT2D eigenvalue weighted by molar-refractivity contribution is 6.74. The van der Waals surface area contributed by atoms with E-state index in [1.165, 1.54) is 12.1 Å². The average Bonchev–Trinajstić information content (AvgIpc) is 3.55. The van der Waals surface area contributed by atoms with Gasteiger partial charge in [0.25, 0.3) is 11.8 Å². The van der Waals surface area contributed by atoms with Crippen LogP contribution in [0.25, 0.3) is 11.1 Å². The molecule has 0 fully saturated rings. The summed E-state index contributed by atoms with van der Waals surface area (Å²) in [5.41, 5.74) is 1.32. The van der Waals surface area contributed by atoms with E-state index in [0.717, 1.165) is 11.1 Å². The number of aliphatic carboxylic acids is 1. The number of benzene rings is 2. The van der Waals surface area contributed by atoms with E-state index in [-0.39, 0.29) is 28.8 Å². The van der Waals surface area contributed by atoms with Gasteiger partial charge < -0.3 is 24.3 Å². The lowest BCUT2D eigenvalue weighted by atomic mass is 10.1. The number of rotatable bonds is 13. The lowest BCUT2D eigenvalue weighted by Gasteiger charge is -2.39. The highest BCUT2D eigenvalue weighted by atomic mass is 28.4. The number of carbonyl (C=O) groups is 4. The minimum absolute atomic E-state index is 0.0399. The number of alkyl carbamates (subject to hydrolysis) is 1. The molecule has 258 valence electrons. The topological polar surface area (TPSA) is 159 Å². The van der Waals surface area contributed by atoms with E-state index in [1.807, 2.05) is 27.0 Å². The van der Waals surface area contributed by atoms with Crippen molar-refractivity contribution in [2.24, 2.45) is 0 Å². The fourth-order valence-electron chi connectivity index (χ4n) is 4.52. The number of imide groups is 1. The van der Waals surface area contributed by atoms with Crippen LogP contribution in [0.1, 0.15) is 62.3 Å². The molecule has 0 saturated carbocycles. The van der Waals surface area contributed by atoms with E-state index < -0.39 is 50.5 Å². The summed E-state index contributed by atoms with van der Waals surface area (Å²) < 4.78 is 19.5. The van der Waals surface area contributed by atoms with Gasteiger partial charge in [-0.15, -0.1) is 5.06 Å². The molecule has 2 aromatic carbocycles. The minimum atomic E-state index is -2.19. The predicted molar refractivity (Wildman–Crippen MR) is 179 cm³/mol. The van der Waals surface area contributed by atoms with Crippen molar-refractivity contribution in [3.8, 4) is 16.9 Å². The Hall–Kier alpha value is -4.53. The van der Waals surface area contributed by atoms with Crippen LogP contribution in [0.5, 0.6) is 5.75 Å². The number of aromatic nitrogens is 2. The second-order valence-corrected chi connectivity index (χ2v) is 18.8. The van der Waals surface area contributed by atoms with Crippen LogP contribution in [0.15, 0.2) is 60.9 Å². The first-order chi connectivity index (χ1) is 22.3. The zero-order valence-electron chi connectivity index (χ0n) is 28.6. The number of nitrogens with one attached hydrogen (secondary N) is 1. The van der Waals surface area contributed by atoms with Crippen LogP contribution in [0.4, 0.5) is 4.79 Å². The second-order valence-electron chi connectivity index (χ2n) is 14.1. The Balaban J connectivity index is 1.38. The Bertz CT molecular complexity index is 1610. The molecule has 3 aromatic rings. The van der Waals surface area contributed by atoms with Gasteiger partial charge >= 0.3 is 12.1 Å². The quantitative estimate of drug-likeness (QED) is 0.174. The maximum atomic E-state index is 12.6. The van der Waals surface area contributed by atoms with Crippen molar-refractivity contribution in [1.29, 1.82) is 0 Å². The first-order valence-corrected chi connectivity index (χ1v) is 18.5. The van der Waals surface area contributed by atoms with Gasteiger partial charge in [0.1, 0.15) is 18.0 Å². The fraction of sp³-hybridized carbons (Fsp3) is 0.441. The van der Waals surface area contributed by atoms with Crippen LogP contribution >= 0.6 is 0 Å². The summed E-state index contributed by atoms with van der Waals surface area (Å²) in [6, 6.07) is 13.1. The molecule has 2 unspecified atom stereocenters. The maximum Gasteiger partial charge on any atom is 0.407 e. The molecule has 13 nitrogen and oxygen atoms in total. The normalized spacial score (nSPS) is 14.8. The highest BCUT2D eigenvalue weighted by Crippen LogP contribution is 2.37. The number of hydrogen-bond donors (Lipinski definition) is 2. The van der Waals surface area contributed by atoms with E-state index in [9.17, 15) is 24.3 Å². The van der Waals surface area contributed by atoms with Gasteiger partial charge in [0.15, 0.2) is 8.32 Å². The van der Waals surface area contributed by atoms with Crippen molar-refractivity contribution in [2.45, 2.75) is 84.0 Å². The molecule has 1 aliphatic heterocycles. The van der Waals surface area contributed by atoms with Crippen LogP contribution in [0, 0.1) is 0 Å². The number of carboxylic acid groups (broad SMARTS) is 1. The van der Waals surface area contributed by atoms with Crippen molar-refractivity contribution < 1.29 is 43.0 Å². The predicted octanol–water partition coefficient (Wildman–Crippen LogP) is 5.53. The molecule has 4 rings (SSSR count). The Labute approximate surface area is 281 Å². The van der Waals surface area contributed by atoms with E-state index in [2.05, 4.69) is 44.3 Å². The third-order valence-electron chi connectivity index (χ3n) is 8.02.